The topological polar surface area (TPSA) is 66.9 Å². The molecule has 0 unspecified atom stereocenters. The van der Waals surface area contributed by atoms with E-state index in [-0.39, 0.29) is 11.0 Å². The molecule has 142 valence electrons. The lowest BCUT2D eigenvalue weighted by Crippen LogP contribution is -2.34. The predicted molar refractivity (Wildman–Crippen MR) is 119 cm³/mol. The predicted octanol–water partition coefficient (Wildman–Crippen LogP) is 4.35. The quantitative estimate of drug-likeness (QED) is 0.501. The summed E-state index contributed by atoms with van der Waals surface area (Å²) in [7, 11) is 0. The van der Waals surface area contributed by atoms with Crippen molar-refractivity contribution in [2.24, 2.45) is 0 Å². The van der Waals surface area contributed by atoms with Crippen LogP contribution in [0.5, 0.6) is 0 Å². The zero-order valence-corrected chi connectivity index (χ0v) is 16.3. The Morgan fingerprint density at radius 2 is 1.38 bits per heavy atom. The Kier molecular flexibility index (Phi) is 5.54. The molecule has 0 spiro atoms. The first kappa shape index (κ1) is 18.7. The third kappa shape index (κ3) is 4.62. The molecule has 0 aliphatic heterocycles. The Hall–Kier alpha value is -3.64. The van der Waals surface area contributed by atoms with E-state index in [2.05, 4.69) is 15.6 Å². The molecule has 0 saturated heterocycles. The number of benzene rings is 3. The normalized spacial score (nSPS) is 10.5. The number of para-hydroxylation sites is 2. The van der Waals surface area contributed by atoms with Crippen LogP contribution in [0.25, 0.3) is 11.0 Å². The summed E-state index contributed by atoms with van der Waals surface area (Å²) in [6.45, 7) is 0. The lowest BCUT2D eigenvalue weighted by atomic mass is 10.1. The van der Waals surface area contributed by atoms with Crippen LogP contribution in [0.2, 0.25) is 0 Å². The molecule has 2 N–H and O–H groups in total. The summed E-state index contributed by atoms with van der Waals surface area (Å²) >= 11 is 5.35. The van der Waals surface area contributed by atoms with Gasteiger partial charge in [-0.15, -0.1) is 0 Å². The van der Waals surface area contributed by atoms with Crippen LogP contribution in [0.15, 0.2) is 84.9 Å². The van der Waals surface area contributed by atoms with Crippen molar-refractivity contribution in [3.63, 3.8) is 0 Å². The van der Waals surface area contributed by atoms with E-state index in [1.807, 2.05) is 60.7 Å². The molecule has 0 aliphatic carbocycles. The molecule has 0 aliphatic rings. The number of fused-ring (bicyclic) bond motifs is 1. The van der Waals surface area contributed by atoms with Crippen LogP contribution in [-0.2, 0) is 6.42 Å². The van der Waals surface area contributed by atoms with Gasteiger partial charge < -0.3 is 5.32 Å². The molecule has 1 amide bonds. The number of nitrogens with one attached hydrogen (secondary N) is 2. The minimum absolute atomic E-state index is 0.178. The Morgan fingerprint density at radius 1 is 0.793 bits per heavy atom. The van der Waals surface area contributed by atoms with Crippen molar-refractivity contribution in [2.75, 3.05) is 5.32 Å². The number of rotatable bonds is 4. The van der Waals surface area contributed by atoms with Crippen LogP contribution in [0.1, 0.15) is 21.6 Å². The van der Waals surface area contributed by atoms with E-state index >= 15 is 0 Å². The molecule has 4 rings (SSSR count). The van der Waals surface area contributed by atoms with Gasteiger partial charge in [0.1, 0.15) is 0 Å². The van der Waals surface area contributed by atoms with Crippen molar-refractivity contribution in [3.8, 4) is 0 Å². The number of carbonyl (C=O) groups excluding carboxylic acids is 1. The monoisotopic (exact) mass is 398 g/mol. The number of hydrogen-bond acceptors (Lipinski definition) is 4. The summed E-state index contributed by atoms with van der Waals surface area (Å²) in [4.78, 5) is 21.8. The summed E-state index contributed by atoms with van der Waals surface area (Å²) in [5.74, 6) is 0.257. The van der Waals surface area contributed by atoms with Gasteiger partial charge in [0.15, 0.2) is 10.9 Å². The van der Waals surface area contributed by atoms with Crippen LogP contribution < -0.4 is 10.6 Å². The maximum absolute atomic E-state index is 12.4. The number of nitrogens with zero attached hydrogens (tertiary/aromatic N) is 2. The third-order valence-electron chi connectivity index (χ3n) is 4.35. The highest BCUT2D eigenvalue weighted by Gasteiger charge is 2.13. The van der Waals surface area contributed by atoms with Crippen molar-refractivity contribution >= 4 is 40.1 Å². The maximum atomic E-state index is 12.4. The highest BCUT2D eigenvalue weighted by atomic mass is 32.1. The maximum Gasteiger partial charge on any atom is 0.257 e. The lowest BCUT2D eigenvalue weighted by Gasteiger charge is -2.13. The second-order valence-corrected chi connectivity index (χ2v) is 6.85. The Labute approximate surface area is 173 Å². The molecular formula is C23H18N4OS. The van der Waals surface area contributed by atoms with Gasteiger partial charge in [0.2, 0.25) is 0 Å². The molecule has 0 fully saturated rings. The van der Waals surface area contributed by atoms with Crippen molar-refractivity contribution in [1.82, 2.24) is 15.3 Å². The van der Waals surface area contributed by atoms with Gasteiger partial charge in [-0.25, -0.2) is 9.97 Å². The van der Waals surface area contributed by atoms with Gasteiger partial charge >= 0.3 is 0 Å². The van der Waals surface area contributed by atoms with Gasteiger partial charge in [-0.2, -0.15) is 0 Å². The van der Waals surface area contributed by atoms with Gasteiger partial charge in [0.05, 0.1) is 16.7 Å². The largest absolute Gasteiger partial charge is 0.316 e. The van der Waals surface area contributed by atoms with E-state index in [0.29, 0.717) is 17.8 Å². The highest BCUT2D eigenvalue weighted by molar-refractivity contribution is 7.80. The average molecular weight is 398 g/mol. The first-order valence-corrected chi connectivity index (χ1v) is 9.57. The molecule has 1 aromatic heterocycles. The zero-order chi connectivity index (χ0) is 20.1. The van der Waals surface area contributed by atoms with E-state index < -0.39 is 0 Å². The van der Waals surface area contributed by atoms with Crippen LogP contribution in [0, 0.1) is 0 Å². The Bertz CT molecular complexity index is 1160. The molecular weight excluding hydrogens is 380 g/mol. The van der Waals surface area contributed by atoms with Crippen molar-refractivity contribution < 1.29 is 4.79 Å². The minimum Gasteiger partial charge on any atom is -0.316 e. The van der Waals surface area contributed by atoms with E-state index in [1.54, 1.807) is 24.3 Å². The van der Waals surface area contributed by atoms with E-state index in [0.717, 1.165) is 22.3 Å². The molecule has 5 nitrogen and oxygen atoms in total. The van der Waals surface area contributed by atoms with Crippen LogP contribution in [-0.4, -0.2) is 21.0 Å². The van der Waals surface area contributed by atoms with Gasteiger partial charge in [-0.05, 0) is 42.0 Å². The SMILES string of the molecule is O=C(NC(=S)Nc1nc2ccccc2nc1Cc1ccccc1)c1ccccc1. The average Bonchev–Trinajstić information content (AvgIpc) is 2.75. The van der Waals surface area contributed by atoms with E-state index in [9.17, 15) is 4.79 Å². The molecule has 4 aromatic rings. The highest BCUT2D eigenvalue weighted by Crippen LogP contribution is 2.20. The number of anilines is 1. The number of hydrogen-bond donors (Lipinski definition) is 2. The first-order valence-electron chi connectivity index (χ1n) is 9.16. The van der Waals surface area contributed by atoms with Crippen molar-refractivity contribution in [1.29, 1.82) is 0 Å². The fourth-order valence-corrected chi connectivity index (χ4v) is 3.14. The molecule has 29 heavy (non-hydrogen) atoms. The number of aromatic nitrogens is 2. The molecule has 6 heteroatoms. The molecule has 0 saturated carbocycles. The summed E-state index contributed by atoms with van der Waals surface area (Å²) in [5, 5.41) is 5.93. The van der Waals surface area contributed by atoms with Gasteiger partial charge in [-0.3, -0.25) is 10.1 Å². The lowest BCUT2D eigenvalue weighted by molar-refractivity contribution is 0.0977. The zero-order valence-electron chi connectivity index (χ0n) is 15.5. The standard InChI is InChI=1S/C23H18N4OS/c28-22(17-11-5-2-6-12-17)27-23(29)26-21-20(15-16-9-3-1-4-10-16)24-18-13-7-8-14-19(18)25-21/h1-14H,15H2,(H2,25,26,27,28,29). The molecule has 3 aromatic carbocycles. The second kappa shape index (κ2) is 8.58. The van der Waals surface area contributed by atoms with Gasteiger partial charge in [0, 0.05) is 12.0 Å². The molecule has 0 bridgehead atoms. The smallest absolute Gasteiger partial charge is 0.257 e. The van der Waals surface area contributed by atoms with Crippen LogP contribution in [0.3, 0.4) is 0 Å². The summed E-state index contributed by atoms with van der Waals surface area (Å²) in [5.41, 5.74) is 3.96. The van der Waals surface area contributed by atoms with E-state index in [4.69, 9.17) is 17.2 Å². The molecule has 1 heterocycles. The van der Waals surface area contributed by atoms with Crippen molar-refractivity contribution in [2.45, 2.75) is 6.42 Å². The summed E-state index contributed by atoms with van der Waals surface area (Å²) in [6.07, 6.45) is 0.594. The van der Waals surface area contributed by atoms with Gasteiger partial charge in [0.25, 0.3) is 5.91 Å². The van der Waals surface area contributed by atoms with Crippen LogP contribution in [0.4, 0.5) is 5.82 Å². The second-order valence-electron chi connectivity index (χ2n) is 6.44. The third-order valence-corrected chi connectivity index (χ3v) is 4.56. The molecule has 0 radical (unpaired) electrons. The van der Waals surface area contributed by atoms with Crippen LogP contribution >= 0.6 is 12.2 Å². The fourth-order valence-electron chi connectivity index (χ4n) is 2.95. The Balaban J connectivity index is 1.60. The number of amides is 1. The number of thiocarbonyl (C=S) groups is 1. The fraction of sp³-hybridized carbons (Fsp3) is 0.0435. The summed E-state index contributed by atoms with van der Waals surface area (Å²) in [6, 6.07) is 26.6. The van der Waals surface area contributed by atoms with Gasteiger partial charge in [-0.1, -0.05) is 60.7 Å². The number of carbonyl (C=O) groups is 1. The Morgan fingerprint density at radius 3 is 2.07 bits per heavy atom. The first-order chi connectivity index (χ1) is 14.2. The van der Waals surface area contributed by atoms with E-state index in [1.165, 1.54) is 0 Å². The summed E-state index contributed by atoms with van der Waals surface area (Å²) < 4.78 is 0. The minimum atomic E-state index is -0.276. The van der Waals surface area contributed by atoms with Crippen molar-refractivity contribution in [3.05, 3.63) is 102 Å². The molecule has 0 atom stereocenters.